The van der Waals surface area contributed by atoms with Crippen molar-refractivity contribution in [2.45, 2.75) is 12.5 Å². The van der Waals surface area contributed by atoms with Gasteiger partial charge in [0.15, 0.2) is 0 Å². The number of anilines is 1. The number of carbonyl (C=O) groups is 1. The molecule has 7 heteroatoms. The molecule has 0 spiro atoms. The Bertz CT molecular complexity index is 712. The Balaban J connectivity index is 1.32. The molecular weight excluding hydrogens is 318 g/mol. The average Bonchev–Trinajstić information content (AvgIpc) is 3.10. The maximum atomic E-state index is 12.2. The topological polar surface area (TPSA) is 80.2 Å². The van der Waals surface area contributed by atoms with Crippen molar-refractivity contribution < 1.29 is 9.53 Å². The Morgan fingerprint density at radius 1 is 1.28 bits per heavy atom. The van der Waals surface area contributed by atoms with Gasteiger partial charge < -0.3 is 15.0 Å². The lowest BCUT2D eigenvalue weighted by Crippen LogP contribution is -2.44. The highest BCUT2D eigenvalue weighted by Crippen LogP contribution is 2.35. The minimum Gasteiger partial charge on any atom is -0.376 e. The second-order valence-electron chi connectivity index (χ2n) is 6.53. The van der Waals surface area contributed by atoms with Crippen LogP contribution >= 0.6 is 0 Å². The fourth-order valence-electron chi connectivity index (χ4n) is 3.73. The number of piperidine rings is 1. The summed E-state index contributed by atoms with van der Waals surface area (Å²) in [7, 11) is 0. The molecule has 25 heavy (non-hydrogen) atoms. The number of aromatic nitrogens is 3. The quantitative estimate of drug-likeness (QED) is 0.900. The van der Waals surface area contributed by atoms with Gasteiger partial charge in [-0.1, -0.05) is 0 Å². The van der Waals surface area contributed by atoms with E-state index >= 15 is 0 Å². The number of nitrogens with one attached hydrogen (secondary N) is 1. The molecule has 2 aliphatic heterocycles. The highest BCUT2D eigenvalue weighted by molar-refractivity contribution is 5.93. The van der Waals surface area contributed by atoms with Crippen molar-refractivity contribution in [3.63, 3.8) is 0 Å². The number of fused-ring (bicyclic) bond motifs is 1. The molecule has 0 saturated carbocycles. The lowest BCUT2D eigenvalue weighted by atomic mass is 9.84. The standard InChI is InChI=1S/C18H21N5O2/c24-17(13-3-1-5-19-9-13)22-10-16-15-4-8-23(11-14(15)12-25-16)18-20-6-2-7-21-18/h1-3,5-7,9,14-16H,4,8,10-12H2,(H,22,24)/t14-,15-,16+/m1/s1. The summed E-state index contributed by atoms with van der Waals surface area (Å²) < 4.78 is 5.97. The van der Waals surface area contributed by atoms with Crippen LogP contribution in [0, 0.1) is 11.8 Å². The third-order valence-corrected chi connectivity index (χ3v) is 5.02. The van der Waals surface area contributed by atoms with Gasteiger partial charge >= 0.3 is 0 Å². The van der Waals surface area contributed by atoms with Gasteiger partial charge in [0.2, 0.25) is 5.95 Å². The first-order valence-electron chi connectivity index (χ1n) is 8.63. The average molecular weight is 339 g/mol. The molecule has 7 nitrogen and oxygen atoms in total. The molecule has 2 fully saturated rings. The van der Waals surface area contributed by atoms with E-state index in [0.717, 1.165) is 32.1 Å². The maximum Gasteiger partial charge on any atom is 0.252 e. The van der Waals surface area contributed by atoms with Gasteiger partial charge in [-0.05, 0) is 30.5 Å². The number of nitrogens with zero attached hydrogens (tertiary/aromatic N) is 4. The van der Waals surface area contributed by atoms with Gasteiger partial charge in [-0.2, -0.15) is 0 Å². The summed E-state index contributed by atoms with van der Waals surface area (Å²) in [6.45, 7) is 3.08. The molecule has 2 aliphatic rings. The van der Waals surface area contributed by atoms with Crippen LogP contribution in [0.1, 0.15) is 16.8 Å². The smallest absolute Gasteiger partial charge is 0.252 e. The molecule has 1 amide bonds. The number of hydrogen-bond acceptors (Lipinski definition) is 6. The summed E-state index contributed by atoms with van der Waals surface area (Å²) in [4.78, 5) is 27.0. The van der Waals surface area contributed by atoms with Crippen molar-refractivity contribution in [2.24, 2.45) is 11.8 Å². The number of ether oxygens (including phenoxy) is 1. The van der Waals surface area contributed by atoms with Crippen molar-refractivity contribution in [3.05, 3.63) is 48.5 Å². The molecule has 130 valence electrons. The number of pyridine rings is 1. The van der Waals surface area contributed by atoms with E-state index in [1.54, 1.807) is 36.9 Å². The summed E-state index contributed by atoms with van der Waals surface area (Å²) >= 11 is 0. The molecule has 2 aromatic heterocycles. The Labute approximate surface area is 146 Å². The van der Waals surface area contributed by atoms with E-state index in [2.05, 4.69) is 25.2 Å². The number of amides is 1. The van der Waals surface area contributed by atoms with Gasteiger partial charge in [-0.25, -0.2) is 9.97 Å². The molecule has 2 saturated heterocycles. The van der Waals surface area contributed by atoms with Crippen LogP contribution in [0.4, 0.5) is 5.95 Å². The van der Waals surface area contributed by atoms with Crippen molar-refractivity contribution in [3.8, 4) is 0 Å². The summed E-state index contributed by atoms with van der Waals surface area (Å²) in [5.41, 5.74) is 0.577. The third kappa shape index (κ3) is 3.46. The first kappa shape index (κ1) is 16.0. The molecular formula is C18H21N5O2. The normalized spacial score (nSPS) is 25.4. The van der Waals surface area contributed by atoms with Crippen LogP contribution in [0.2, 0.25) is 0 Å². The maximum absolute atomic E-state index is 12.2. The van der Waals surface area contributed by atoms with Crippen LogP contribution in [0.5, 0.6) is 0 Å². The Kier molecular flexibility index (Phi) is 4.56. The molecule has 3 atom stereocenters. The Morgan fingerprint density at radius 2 is 2.16 bits per heavy atom. The summed E-state index contributed by atoms with van der Waals surface area (Å²) in [6.07, 6.45) is 7.88. The molecule has 1 N–H and O–H groups in total. The summed E-state index contributed by atoms with van der Waals surface area (Å²) in [5.74, 6) is 1.61. The van der Waals surface area contributed by atoms with Gasteiger partial charge in [0.05, 0.1) is 18.3 Å². The monoisotopic (exact) mass is 339 g/mol. The highest BCUT2D eigenvalue weighted by atomic mass is 16.5. The van der Waals surface area contributed by atoms with E-state index in [1.165, 1.54) is 0 Å². The van der Waals surface area contributed by atoms with E-state index in [-0.39, 0.29) is 12.0 Å². The lowest BCUT2D eigenvalue weighted by molar-refractivity contribution is 0.0768. The second kappa shape index (κ2) is 7.14. The van der Waals surface area contributed by atoms with Gasteiger partial charge in [-0.15, -0.1) is 0 Å². The number of rotatable bonds is 4. The van der Waals surface area contributed by atoms with E-state index in [9.17, 15) is 4.79 Å². The van der Waals surface area contributed by atoms with Crippen molar-refractivity contribution in [2.75, 3.05) is 31.1 Å². The summed E-state index contributed by atoms with van der Waals surface area (Å²) in [6, 6.07) is 5.35. The van der Waals surface area contributed by atoms with Crippen molar-refractivity contribution >= 4 is 11.9 Å². The van der Waals surface area contributed by atoms with Gasteiger partial charge in [0.25, 0.3) is 5.91 Å². The van der Waals surface area contributed by atoms with Gasteiger partial charge in [-0.3, -0.25) is 9.78 Å². The lowest BCUT2D eigenvalue weighted by Gasteiger charge is -2.35. The van der Waals surface area contributed by atoms with Crippen molar-refractivity contribution in [1.82, 2.24) is 20.3 Å². The molecule has 0 bridgehead atoms. The van der Waals surface area contributed by atoms with E-state index in [1.807, 2.05) is 6.07 Å². The second-order valence-corrected chi connectivity index (χ2v) is 6.53. The fourth-order valence-corrected chi connectivity index (χ4v) is 3.73. The predicted octanol–water partition coefficient (Wildman–Crippen LogP) is 1.14. The minimum absolute atomic E-state index is 0.0736. The molecule has 2 aromatic rings. The molecule has 0 unspecified atom stereocenters. The first-order valence-corrected chi connectivity index (χ1v) is 8.63. The fraction of sp³-hybridized carbons (Fsp3) is 0.444. The number of carbonyl (C=O) groups excluding carboxylic acids is 1. The van der Waals surface area contributed by atoms with E-state index < -0.39 is 0 Å². The largest absolute Gasteiger partial charge is 0.376 e. The SMILES string of the molecule is O=C(NC[C@@H]1OC[C@H]2CN(c3ncccn3)CC[C@H]21)c1cccnc1. The zero-order valence-electron chi connectivity index (χ0n) is 13.9. The predicted molar refractivity (Wildman–Crippen MR) is 92.2 cm³/mol. The van der Waals surface area contributed by atoms with Gasteiger partial charge in [0.1, 0.15) is 0 Å². The zero-order chi connectivity index (χ0) is 17.1. The van der Waals surface area contributed by atoms with E-state index in [4.69, 9.17) is 4.74 Å². The van der Waals surface area contributed by atoms with Gasteiger partial charge in [0, 0.05) is 50.3 Å². The Hall–Kier alpha value is -2.54. The highest BCUT2D eigenvalue weighted by Gasteiger charge is 2.41. The van der Waals surface area contributed by atoms with Crippen LogP contribution in [-0.2, 0) is 4.74 Å². The van der Waals surface area contributed by atoms with Crippen LogP contribution in [0.15, 0.2) is 43.0 Å². The molecule has 4 rings (SSSR count). The van der Waals surface area contributed by atoms with Crippen LogP contribution in [0.25, 0.3) is 0 Å². The van der Waals surface area contributed by atoms with Crippen LogP contribution < -0.4 is 10.2 Å². The number of hydrogen-bond donors (Lipinski definition) is 1. The molecule has 0 radical (unpaired) electrons. The molecule has 4 heterocycles. The first-order chi connectivity index (χ1) is 12.3. The van der Waals surface area contributed by atoms with E-state index in [0.29, 0.717) is 23.9 Å². The summed E-state index contributed by atoms with van der Waals surface area (Å²) in [5, 5.41) is 2.97. The molecule has 0 aliphatic carbocycles. The van der Waals surface area contributed by atoms with Crippen molar-refractivity contribution in [1.29, 1.82) is 0 Å². The Morgan fingerprint density at radius 3 is 2.96 bits per heavy atom. The third-order valence-electron chi connectivity index (χ3n) is 5.02. The zero-order valence-corrected chi connectivity index (χ0v) is 13.9. The minimum atomic E-state index is -0.102. The molecule has 0 aromatic carbocycles. The van der Waals surface area contributed by atoms with Crippen LogP contribution in [0.3, 0.4) is 0 Å². The van der Waals surface area contributed by atoms with Crippen LogP contribution in [-0.4, -0.2) is 53.2 Å².